The maximum absolute atomic E-state index is 13.8. The van der Waals surface area contributed by atoms with Crippen LogP contribution in [0.3, 0.4) is 0 Å². The Balaban J connectivity index is 2.55. The van der Waals surface area contributed by atoms with Crippen molar-refractivity contribution in [2.45, 2.75) is 13.8 Å². The lowest BCUT2D eigenvalue weighted by molar-refractivity contribution is 0.606. The van der Waals surface area contributed by atoms with Crippen molar-refractivity contribution < 1.29 is 8.78 Å². The van der Waals surface area contributed by atoms with Crippen molar-refractivity contribution in [2.24, 2.45) is 0 Å². The van der Waals surface area contributed by atoms with Crippen molar-refractivity contribution in [2.75, 3.05) is 11.9 Å². The molecule has 0 unspecified atom stereocenters. The SMILES string of the molecule is CCNc1nc(-c2cc(F)cc(Cl)c2)nc(C)c1F. The number of halogens is 3. The first-order valence-electron chi connectivity index (χ1n) is 5.75. The van der Waals surface area contributed by atoms with Crippen molar-refractivity contribution in [1.82, 2.24) is 9.97 Å². The van der Waals surface area contributed by atoms with Gasteiger partial charge < -0.3 is 5.32 Å². The van der Waals surface area contributed by atoms with Gasteiger partial charge in [0.25, 0.3) is 0 Å². The molecule has 6 heteroatoms. The molecular formula is C13H12ClF2N3. The van der Waals surface area contributed by atoms with Crippen molar-refractivity contribution in [3.8, 4) is 11.4 Å². The van der Waals surface area contributed by atoms with E-state index in [0.29, 0.717) is 12.1 Å². The Hall–Kier alpha value is -1.75. The second-order valence-electron chi connectivity index (χ2n) is 3.98. The van der Waals surface area contributed by atoms with E-state index in [2.05, 4.69) is 15.3 Å². The number of rotatable bonds is 3. The third-order valence-corrected chi connectivity index (χ3v) is 2.70. The minimum atomic E-state index is -0.506. The second kappa shape index (κ2) is 5.48. The van der Waals surface area contributed by atoms with Gasteiger partial charge in [0.05, 0.1) is 5.69 Å². The molecule has 3 nitrogen and oxygen atoms in total. The van der Waals surface area contributed by atoms with Crippen molar-refractivity contribution in [3.05, 3.63) is 40.6 Å². The van der Waals surface area contributed by atoms with Crippen LogP contribution in [0.15, 0.2) is 18.2 Å². The molecule has 100 valence electrons. The minimum absolute atomic E-state index is 0.102. The highest BCUT2D eigenvalue weighted by Gasteiger charge is 2.13. The summed E-state index contributed by atoms with van der Waals surface area (Å²) in [7, 11) is 0. The Kier molecular flexibility index (Phi) is 3.95. The zero-order chi connectivity index (χ0) is 14.0. The molecule has 19 heavy (non-hydrogen) atoms. The molecule has 0 aliphatic carbocycles. The van der Waals surface area contributed by atoms with Gasteiger partial charge in [-0.2, -0.15) is 0 Å². The highest BCUT2D eigenvalue weighted by atomic mass is 35.5. The molecule has 0 saturated heterocycles. The van der Waals surface area contributed by atoms with Gasteiger partial charge in [-0.1, -0.05) is 11.6 Å². The maximum atomic E-state index is 13.8. The molecular weight excluding hydrogens is 272 g/mol. The number of hydrogen-bond donors (Lipinski definition) is 1. The fraction of sp³-hybridized carbons (Fsp3) is 0.231. The third kappa shape index (κ3) is 2.98. The average Bonchev–Trinajstić information content (AvgIpc) is 2.33. The summed E-state index contributed by atoms with van der Waals surface area (Å²) in [5.74, 6) is -0.659. The molecule has 0 bridgehead atoms. The lowest BCUT2D eigenvalue weighted by atomic mass is 10.2. The van der Waals surface area contributed by atoms with Gasteiger partial charge in [0.15, 0.2) is 17.5 Å². The van der Waals surface area contributed by atoms with Crippen molar-refractivity contribution >= 4 is 17.4 Å². The van der Waals surface area contributed by atoms with Crippen LogP contribution in [0.4, 0.5) is 14.6 Å². The summed E-state index contributed by atoms with van der Waals surface area (Å²) in [5.41, 5.74) is 0.605. The van der Waals surface area contributed by atoms with Crippen LogP contribution in [0.25, 0.3) is 11.4 Å². The van der Waals surface area contributed by atoms with E-state index in [9.17, 15) is 8.78 Å². The zero-order valence-corrected chi connectivity index (χ0v) is 11.2. The molecule has 1 N–H and O–H groups in total. The molecule has 1 aromatic heterocycles. The molecule has 0 radical (unpaired) electrons. The zero-order valence-electron chi connectivity index (χ0n) is 10.5. The van der Waals surface area contributed by atoms with Gasteiger partial charge in [-0.15, -0.1) is 0 Å². The molecule has 1 aromatic carbocycles. The fourth-order valence-corrected chi connectivity index (χ4v) is 1.88. The minimum Gasteiger partial charge on any atom is -0.368 e. The molecule has 0 saturated carbocycles. The van der Waals surface area contributed by atoms with Crippen LogP contribution in [0.2, 0.25) is 5.02 Å². The van der Waals surface area contributed by atoms with E-state index in [1.165, 1.54) is 25.1 Å². The maximum Gasteiger partial charge on any atom is 0.186 e. The Morgan fingerprint density at radius 1 is 1.21 bits per heavy atom. The van der Waals surface area contributed by atoms with Gasteiger partial charge >= 0.3 is 0 Å². The van der Waals surface area contributed by atoms with Crippen molar-refractivity contribution in [1.29, 1.82) is 0 Å². The Labute approximate surface area is 114 Å². The fourth-order valence-electron chi connectivity index (χ4n) is 1.66. The van der Waals surface area contributed by atoms with Crippen molar-refractivity contribution in [3.63, 3.8) is 0 Å². The van der Waals surface area contributed by atoms with Crippen LogP contribution in [0, 0.1) is 18.6 Å². The van der Waals surface area contributed by atoms with E-state index in [4.69, 9.17) is 11.6 Å². The summed E-state index contributed by atoms with van der Waals surface area (Å²) in [5, 5.41) is 3.04. The topological polar surface area (TPSA) is 37.8 Å². The Morgan fingerprint density at radius 3 is 2.58 bits per heavy atom. The number of nitrogens with one attached hydrogen (secondary N) is 1. The average molecular weight is 284 g/mol. The highest BCUT2D eigenvalue weighted by molar-refractivity contribution is 6.30. The van der Waals surface area contributed by atoms with E-state index in [0.717, 1.165) is 0 Å². The van der Waals surface area contributed by atoms with Gasteiger partial charge in [-0.05, 0) is 32.0 Å². The lowest BCUT2D eigenvalue weighted by Gasteiger charge is -2.09. The predicted molar refractivity (Wildman–Crippen MR) is 71.3 cm³/mol. The first kappa shape index (κ1) is 13.7. The molecule has 1 heterocycles. The van der Waals surface area contributed by atoms with Crippen LogP contribution in [-0.4, -0.2) is 16.5 Å². The largest absolute Gasteiger partial charge is 0.368 e. The number of benzene rings is 1. The van der Waals surface area contributed by atoms with E-state index < -0.39 is 11.6 Å². The standard InChI is InChI=1S/C13H12ClF2N3/c1-3-17-13-11(16)7(2)18-12(19-13)8-4-9(14)6-10(15)5-8/h4-6H,3H2,1-2H3,(H,17,18,19). The third-order valence-electron chi connectivity index (χ3n) is 2.48. The number of hydrogen-bond acceptors (Lipinski definition) is 3. The molecule has 0 atom stereocenters. The second-order valence-corrected chi connectivity index (χ2v) is 4.42. The van der Waals surface area contributed by atoms with E-state index in [1.807, 2.05) is 6.92 Å². The van der Waals surface area contributed by atoms with Crippen LogP contribution >= 0.6 is 11.6 Å². The quantitative estimate of drug-likeness (QED) is 0.931. The van der Waals surface area contributed by atoms with Gasteiger partial charge in [-0.3, -0.25) is 0 Å². The summed E-state index contributed by atoms with van der Waals surface area (Å²) in [4.78, 5) is 8.07. The van der Waals surface area contributed by atoms with Gasteiger partial charge in [-0.25, -0.2) is 18.7 Å². The molecule has 0 aliphatic heterocycles. The van der Waals surface area contributed by atoms with E-state index >= 15 is 0 Å². The monoisotopic (exact) mass is 283 g/mol. The van der Waals surface area contributed by atoms with Gasteiger partial charge in [0, 0.05) is 17.1 Å². The number of aromatic nitrogens is 2. The van der Waals surface area contributed by atoms with Crippen LogP contribution < -0.4 is 5.32 Å². The molecule has 0 aliphatic rings. The summed E-state index contributed by atoms with van der Waals surface area (Å²) in [6.07, 6.45) is 0. The number of aryl methyl sites for hydroxylation is 1. The summed E-state index contributed by atoms with van der Waals surface area (Å²) < 4.78 is 27.1. The smallest absolute Gasteiger partial charge is 0.186 e. The Morgan fingerprint density at radius 2 is 1.95 bits per heavy atom. The molecule has 2 rings (SSSR count). The van der Waals surface area contributed by atoms with Crippen LogP contribution in [-0.2, 0) is 0 Å². The first-order valence-corrected chi connectivity index (χ1v) is 6.13. The molecule has 2 aromatic rings. The lowest BCUT2D eigenvalue weighted by Crippen LogP contribution is -2.06. The van der Waals surface area contributed by atoms with E-state index in [1.54, 1.807) is 0 Å². The molecule has 0 amide bonds. The number of nitrogens with zero attached hydrogens (tertiary/aromatic N) is 2. The van der Waals surface area contributed by atoms with E-state index in [-0.39, 0.29) is 22.4 Å². The summed E-state index contributed by atoms with van der Waals surface area (Å²) in [6.45, 7) is 3.88. The Bertz CT molecular complexity index is 597. The number of anilines is 1. The van der Waals surface area contributed by atoms with Crippen LogP contribution in [0.5, 0.6) is 0 Å². The predicted octanol–water partition coefficient (Wildman–Crippen LogP) is 3.82. The normalized spacial score (nSPS) is 10.6. The van der Waals surface area contributed by atoms with Crippen LogP contribution in [0.1, 0.15) is 12.6 Å². The molecule has 0 fully saturated rings. The summed E-state index contributed by atoms with van der Waals surface area (Å²) >= 11 is 5.79. The molecule has 0 spiro atoms. The van der Waals surface area contributed by atoms with Gasteiger partial charge in [0.1, 0.15) is 5.82 Å². The first-order chi connectivity index (χ1) is 9.01. The summed E-state index contributed by atoms with van der Waals surface area (Å²) in [6, 6.07) is 3.98. The highest BCUT2D eigenvalue weighted by Crippen LogP contribution is 2.24. The van der Waals surface area contributed by atoms with Gasteiger partial charge in [0.2, 0.25) is 0 Å².